The Bertz CT molecular complexity index is 118. The van der Waals surface area contributed by atoms with Crippen molar-refractivity contribution in [3.05, 3.63) is 0 Å². The maximum atomic E-state index is 4.89. The van der Waals surface area contributed by atoms with Gasteiger partial charge in [0.05, 0.1) is 0 Å². The number of hydrogen-bond donors (Lipinski definition) is 0. The smallest absolute Gasteiger partial charge is 0.137 e. The van der Waals surface area contributed by atoms with Gasteiger partial charge < -0.3 is 0 Å². The Labute approximate surface area is 70.4 Å². The summed E-state index contributed by atoms with van der Waals surface area (Å²) in [6.07, 6.45) is 0. The zero-order valence-electron chi connectivity index (χ0n) is 6.77. The van der Waals surface area contributed by atoms with Crippen LogP contribution in [0, 0.1) is 0 Å². The van der Waals surface area contributed by atoms with Crippen LogP contribution in [0.25, 0.3) is 0 Å². The van der Waals surface area contributed by atoms with Gasteiger partial charge >= 0.3 is 0 Å². The van der Waals surface area contributed by atoms with E-state index in [1.54, 1.807) is 0 Å². The number of nitrogens with zero attached hydrogens (tertiary/aromatic N) is 2. The second-order valence-electron chi connectivity index (χ2n) is 2.78. The van der Waals surface area contributed by atoms with Crippen LogP contribution >= 0.6 is 0 Å². The summed E-state index contributed by atoms with van der Waals surface area (Å²) in [7, 11) is 0. The van der Waals surface area contributed by atoms with Gasteiger partial charge in [0.25, 0.3) is 0 Å². The van der Waals surface area contributed by atoms with E-state index in [0.29, 0.717) is 26.9 Å². The van der Waals surface area contributed by atoms with E-state index in [1.807, 2.05) is 9.80 Å². The van der Waals surface area contributed by atoms with Crippen LogP contribution in [0.15, 0.2) is 0 Å². The Kier molecular flexibility index (Phi) is 2.88. The van der Waals surface area contributed by atoms with Crippen LogP contribution in [0.4, 0.5) is 0 Å². The number of rotatable bonds is 0. The van der Waals surface area contributed by atoms with E-state index in [2.05, 4.69) is 0 Å². The molecule has 2 rings (SSSR count). The van der Waals surface area contributed by atoms with Crippen LogP contribution in [-0.2, 0) is 19.6 Å². The lowest BCUT2D eigenvalue weighted by Crippen LogP contribution is -2.44. The van der Waals surface area contributed by atoms with Gasteiger partial charge in [-0.25, -0.2) is 19.6 Å². The Hall–Kier alpha value is -0.240. The molecule has 0 atom stereocenters. The molecule has 12 heavy (non-hydrogen) atoms. The van der Waals surface area contributed by atoms with Crippen molar-refractivity contribution in [3.8, 4) is 0 Å². The molecule has 70 valence electrons. The van der Waals surface area contributed by atoms with Crippen molar-refractivity contribution in [1.82, 2.24) is 9.80 Å². The normalized spacial score (nSPS) is 38.0. The minimum absolute atomic E-state index is 0.428. The SMILES string of the molecule is C1CN2COOCN1COOC2. The van der Waals surface area contributed by atoms with E-state index in [4.69, 9.17) is 19.6 Å². The molecular weight excluding hydrogens is 164 g/mol. The Morgan fingerprint density at radius 3 is 1.25 bits per heavy atom. The first-order valence-corrected chi connectivity index (χ1v) is 3.89. The summed E-state index contributed by atoms with van der Waals surface area (Å²) in [6, 6.07) is 0. The molecule has 0 amide bonds. The van der Waals surface area contributed by atoms with Crippen molar-refractivity contribution in [2.45, 2.75) is 0 Å². The molecule has 0 unspecified atom stereocenters. The van der Waals surface area contributed by atoms with Crippen LogP contribution in [0.5, 0.6) is 0 Å². The molecule has 2 heterocycles. The molecule has 0 aromatic heterocycles. The molecule has 0 saturated carbocycles. The summed E-state index contributed by atoms with van der Waals surface area (Å²) < 4.78 is 0. The quantitative estimate of drug-likeness (QED) is 0.457. The fourth-order valence-corrected chi connectivity index (χ4v) is 1.06. The van der Waals surface area contributed by atoms with Gasteiger partial charge in [-0.3, -0.25) is 9.80 Å². The number of fused-ring (bicyclic) bond motifs is 3. The van der Waals surface area contributed by atoms with Crippen molar-refractivity contribution in [2.24, 2.45) is 0 Å². The van der Waals surface area contributed by atoms with Gasteiger partial charge in [-0.2, -0.15) is 0 Å². The molecule has 2 aliphatic rings. The molecule has 0 N–H and O–H groups in total. The van der Waals surface area contributed by atoms with Crippen LogP contribution in [0.1, 0.15) is 0 Å². The van der Waals surface area contributed by atoms with Crippen molar-refractivity contribution < 1.29 is 19.6 Å². The van der Waals surface area contributed by atoms with Crippen molar-refractivity contribution in [1.29, 1.82) is 0 Å². The molecule has 0 radical (unpaired) electrons. The lowest BCUT2D eigenvalue weighted by molar-refractivity contribution is -0.405. The molecule has 2 aliphatic heterocycles. The van der Waals surface area contributed by atoms with Gasteiger partial charge in [0, 0.05) is 13.1 Å². The topological polar surface area (TPSA) is 43.4 Å². The van der Waals surface area contributed by atoms with Gasteiger partial charge in [0.2, 0.25) is 0 Å². The van der Waals surface area contributed by atoms with Gasteiger partial charge in [0.1, 0.15) is 26.9 Å². The van der Waals surface area contributed by atoms with Crippen molar-refractivity contribution in [2.75, 3.05) is 40.0 Å². The third-order valence-electron chi connectivity index (χ3n) is 1.84. The highest BCUT2D eigenvalue weighted by molar-refractivity contribution is 4.55. The molecule has 0 aromatic rings. The highest BCUT2D eigenvalue weighted by Gasteiger charge is 2.17. The van der Waals surface area contributed by atoms with Gasteiger partial charge in [-0.15, -0.1) is 0 Å². The van der Waals surface area contributed by atoms with E-state index in [-0.39, 0.29) is 0 Å². The molecule has 0 aliphatic carbocycles. The third-order valence-corrected chi connectivity index (χ3v) is 1.84. The zero-order valence-corrected chi connectivity index (χ0v) is 6.77. The van der Waals surface area contributed by atoms with Crippen LogP contribution in [0.2, 0.25) is 0 Å². The monoisotopic (exact) mass is 176 g/mol. The minimum atomic E-state index is 0.428. The average molecular weight is 176 g/mol. The number of hydrogen-bond acceptors (Lipinski definition) is 6. The van der Waals surface area contributed by atoms with E-state index in [0.717, 1.165) is 13.1 Å². The summed E-state index contributed by atoms with van der Waals surface area (Å²) in [5.41, 5.74) is 0. The van der Waals surface area contributed by atoms with Gasteiger partial charge in [-0.1, -0.05) is 0 Å². The Balaban J connectivity index is 1.93. The zero-order chi connectivity index (χ0) is 8.23. The van der Waals surface area contributed by atoms with Crippen LogP contribution < -0.4 is 0 Å². The highest BCUT2D eigenvalue weighted by Crippen LogP contribution is 2.03. The fourth-order valence-electron chi connectivity index (χ4n) is 1.06. The second kappa shape index (κ2) is 4.13. The molecule has 6 heteroatoms. The highest BCUT2D eigenvalue weighted by atomic mass is 17.2. The second-order valence-corrected chi connectivity index (χ2v) is 2.78. The fraction of sp³-hybridized carbons (Fsp3) is 1.00. The molecular formula is C6H12N2O4. The summed E-state index contributed by atoms with van der Waals surface area (Å²) in [6.45, 7) is 3.53. The first-order valence-electron chi connectivity index (χ1n) is 3.89. The van der Waals surface area contributed by atoms with Gasteiger partial charge in [0.15, 0.2) is 0 Å². The van der Waals surface area contributed by atoms with E-state index < -0.39 is 0 Å². The predicted molar refractivity (Wildman–Crippen MR) is 37.2 cm³/mol. The summed E-state index contributed by atoms with van der Waals surface area (Å²) in [5.74, 6) is 0. The van der Waals surface area contributed by atoms with E-state index in [1.165, 1.54) is 0 Å². The maximum Gasteiger partial charge on any atom is 0.137 e. The standard InChI is InChI=1S/C6H12N2O4/c1-2-8-5-11-9-3-7(1)4-10-12-6-8/h1-6H2. The molecule has 2 fully saturated rings. The summed E-state index contributed by atoms with van der Waals surface area (Å²) >= 11 is 0. The van der Waals surface area contributed by atoms with Crippen LogP contribution in [-0.4, -0.2) is 49.8 Å². The predicted octanol–water partition coefficient (Wildman–Crippen LogP) is -0.656. The largest absolute Gasteiger partial charge is 0.251 e. The minimum Gasteiger partial charge on any atom is -0.251 e. The lowest BCUT2D eigenvalue weighted by Gasteiger charge is -2.31. The maximum absolute atomic E-state index is 4.89. The third kappa shape index (κ3) is 2.13. The summed E-state index contributed by atoms with van der Waals surface area (Å²) in [4.78, 5) is 23.5. The summed E-state index contributed by atoms with van der Waals surface area (Å²) in [5, 5.41) is 0. The molecule has 0 aromatic carbocycles. The average Bonchev–Trinajstić information content (AvgIpc) is 2.03. The van der Waals surface area contributed by atoms with Crippen molar-refractivity contribution >= 4 is 0 Å². The molecule has 0 spiro atoms. The first kappa shape index (κ1) is 8.36. The van der Waals surface area contributed by atoms with E-state index in [9.17, 15) is 0 Å². The van der Waals surface area contributed by atoms with Crippen molar-refractivity contribution in [3.63, 3.8) is 0 Å². The Morgan fingerprint density at radius 2 is 0.917 bits per heavy atom. The molecule has 6 nitrogen and oxygen atoms in total. The Morgan fingerprint density at radius 1 is 0.583 bits per heavy atom. The van der Waals surface area contributed by atoms with Crippen LogP contribution in [0.3, 0.4) is 0 Å². The molecule has 2 saturated heterocycles. The van der Waals surface area contributed by atoms with E-state index >= 15 is 0 Å². The first-order chi connectivity index (χ1) is 5.95. The van der Waals surface area contributed by atoms with Gasteiger partial charge in [-0.05, 0) is 0 Å². The molecule has 2 bridgehead atoms. The lowest BCUT2D eigenvalue weighted by atomic mass is 10.5.